The summed E-state index contributed by atoms with van der Waals surface area (Å²) in [4.78, 5) is 8.76. The Bertz CT molecular complexity index is 755. The summed E-state index contributed by atoms with van der Waals surface area (Å²) in [5.41, 5.74) is 4.25. The number of nitrogens with one attached hydrogen (secondary N) is 1. The fourth-order valence-electron chi connectivity index (χ4n) is 2.14. The van der Waals surface area contributed by atoms with Crippen LogP contribution in [0.3, 0.4) is 0 Å². The molecule has 0 aliphatic carbocycles. The van der Waals surface area contributed by atoms with Crippen molar-refractivity contribution >= 4 is 17.5 Å². The molecule has 3 aromatic rings. The van der Waals surface area contributed by atoms with Crippen molar-refractivity contribution < 1.29 is 0 Å². The number of hydrogen-bond acceptors (Lipinski definition) is 3. The number of anilines is 1. The summed E-state index contributed by atoms with van der Waals surface area (Å²) in [6.45, 7) is 2.73. The number of hydrogen-bond donors (Lipinski definition) is 1. The first-order valence-corrected chi connectivity index (χ1v) is 7.48. The fraction of sp³-hybridized carbons (Fsp3) is 0.111. The molecule has 1 aromatic heterocycles. The molecule has 0 amide bonds. The van der Waals surface area contributed by atoms with Crippen LogP contribution >= 0.6 is 11.6 Å². The Labute approximate surface area is 135 Å². The first kappa shape index (κ1) is 14.5. The van der Waals surface area contributed by atoms with Gasteiger partial charge < -0.3 is 5.32 Å². The highest BCUT2D eigenvalue weighted by atomic mass is 35.5. The van der Waals surface area contributed by atoms with E-state index in [0.29, 0.717) is 17.6 Å². The van der Waals surface area contributed by atoms with E-state index in [2.05, 4.69) is 46.5 Å². The highest BCUT2D eigenvalue weighted by molar-refractivity contribution is 6.29. The lowest BCUT2D eigenvalue weighted by molar-refractivity contribution is 1.06. The standard InChI is InChI=1S/C18H16ClN3/c1-13-7-9-14(10-8-13)12-20-18-21-16(11-17(19)22-18)15-5-3-2-4-6-15/h2-11H,12H2,1H3,(H,20,21,22). The van der Waals surface area contributed by atoms with E-state index in [1.165, 1.54) is 11.1 Å². The van der Waals surface area contributed by atoms with Crippen molar-refractivity contribution in [2.24, 2.45) is 0 Å². The second-order valence-electron chi connectivity index (χ2n) is 5.10. The molecular weight excluding hydrogens is 294 g/mol. The van der Waals surface area contributed by atoms with Gasteiger partial charge >= 0.3 is 0 Å². The van der Waals surface area contributed by atoms with Gasteiger partial charge in [-0.25, -0.2) is 9.97 Å². The van der Waals surface area contributed by atoms with Crippen LogP contribution in [-0.4, -0.2) is 9.97 Å². The van der Waals surface area contributed by atoms with Gasteiger partial charge in [-0.2, -0.15) is 0 Å². The molecule has 110 valence electrons. The molecule has 1 N–H and O–H groups in total. The summed E-state index contributed by atoms with van der Waals surface area (Å²) in [7, 11) is 0. The highest BCUT2D eigenvalue weighted by Gasteiger charge is 2.05. The van der Waals surface area contributed by atoms with Crippen LogP contribution in [-0.2, 0) is 6.54 Å². The summed E-state index contributed by atoms with van der Waals surface area (Å²) in [5, 5.41) is 3.66. The second kappa shape index (κ2) is 6.58. The van der Waals surface area contributed by atoms with Crippen molar-refractivity contribution in [3.63, 3.8) is 0 Å². The monoisotopic (exact) mass is 309 g/mol. The molecule has 3 nitrogen and oxygen atoms in total. The molecular formula is C18H16ClN3. The third-order valence-corrected chi connectivity index (χ3v) is 3.53. The molecule has 1 heterocycles. The summed E-state index contributed by atoms with van der Waals surface area (Å²) < 4.78 is 0. The largest absolute Gasteiger partial charge is 0.350 e. The molecule has 0 spiro atoms. The van der Waals surface area contributed by atoms with Crippen LogP contribution in [0, 0.1) is 6.92 Å². The minimum Gasteiger partial charge on any atom is -0.350 e. The van der Waals surface area contributed by atoms with Gasteiger partial charge in [-0.15, -0.1) is 0 Å². The Hall–Kier alpha value is -2.39. The molecule has 0 saturated carbocycles. The van der Waals surface area contributed by atoms with Crippen molar-refractivity contribution in [3.05, 3.63) is 76.9 Å². The summed E-state index contributed by atoms with van der Waals surface area (Å²) >= 11 is 6.11. The first-order chi connectivity index (χ1) is 10.7. The van der Waals surface area contributed by atoms with Gasteiger partial charge in [0.05, 0.1) is 5.69 Å². The van der Waals surface area contributed by atoms with Crippen LogP contribution in [0.4, 0.5) is 5.95 Å². The lowest BCUT2D eigenvalue weighted by Crippen LogP contribution is -2.04. The fourth-order valence-corrected chi connectivity index (χ4v) is 2.32. The average Bonchev–Trinajstić information content (AvgIpc) is 2.55. The van der Waals surface area contributed by atoms with Crippen LogP contribution in [0.25, 0.3) is 11.3 Å². The van der Waals surface area contributed by atoms with E-state index in [1.54, 1.807) is 6.07 Å². The molecule has 0 fully saturated rings. The van der Waals surface area contributed by atoms with Gasteiger partial charge in [-0.3, -0.25) is 0 Å². The molecule has 0 aliphatic heterocycles. The summed E-state index contributed by atoms with van der Waals surface area (Å²) in [6, 6.07) is 20.1. The predicted molar refractivity (Wildman–Crippen MR) is 91.0 cm³/mol. The third kappa shape index (κ3) is 3.62. The van der Waals surface area contributed by atoms with Crippen LogP contribution < -0.4 is 5.32 Å². The van der Waals surface area contributed by atoms with Gasteiger partial charge in [0.15, 0.2) is 0 Å². The van der Waals surface area contributed by atoms with Crippen molar-refractivity contribution in [3.8, 4) is 11.3 Å². The molecule has 0 aliphatic rings. The minimum atomic E-state index is 0.431. The van der Waals surface area contributed by atoms with Gasteiger partial charge in [0, 0.05) is 18.2 Å². The van der Waals surface area contributed by atoms with E-state index in [0.717, 1.165) is 11.3 Å². The first-order valence-electron chi connectivity index (χ1n) is 7.10. The Balaban J connectivity index is 1.79. The van der Waals surface area contributed by atoms with E-state index in [-0.39, 0.29) is 0 Å². The van der Waals surface area contributed by atoms with E-state index in [1.807, 2.05) is 30.3 Å². The lowest BCUT2D eigenvalue weighted by atomic mass is 10.1. The average molecular weight is 310 g/mol. The Morgan fingerprint density at radius 3 is 2.41 bits per heavy atom. The maximum atomic E-state index is 6.11. The number of nitrogens with zero attached hydrogens (tertiary/aromatic N) is 2. The molecule has 0 bridgehead atoms. The van der Waals surface area contributed by atoms with E-state index in [4.69, 9.17) is 11.6 Å². The van der Waals surface area contributed by atoms with Gasteiger partial charge in [0.25, 0.3) is 0 Å². The normalized spacial score (nSPS) is 10.5. The molecule has 2 aromatic carbocycles. The van der Waals surface area contributed by atoms with Crippen LogP contribution in [0.5, 0.6) is 0 Å². The van der Waals surface area contributed by atoms with Crippen LogP contribution in [0.2, 0.25) is 5.15 Å². The Kier molecular flexibility index (Phi) is 4.35. The number of halogens is 1. The topological polar surface area (TPSA) is 37.8 Å². The summed E-state index contributed by atoms with van der Waals surface area (Å²) in [6.07, 6.45) is 0. The third-order valence-electron chi connectivity index (χ3n) is 3.34. The van der Waals surface area contributed by atoms with Crippen molar-refractivity contribution in [1.29, 1.82) is 0 Å². The van der Waals surface area contributed by atoms with Gasteiger partial charge in [-0.1, -0.05) is 71.8 Å². The molecule has 3 rings (SSSR count). The predicted octanol–water partition coefficient (Wildman–Crippen LogP) is 4.72. The maximum absolute atomic E-state index is 6.11. The SMILES string of the molecule is Cc1ccc(CNc2nc(Cl)cc(-c3ccccc3)n2)cc1. The van der Waals surface area contributed by atoms with E-state index in [9.17, 15) is 0 Å². The van der Waals surface area contributed by atoms with E-state index >= 15 is 0 Å². The zero-order chi connectivity index (χ0) is 15.4. The summed E-state index contributed by atoms with van der Waals surface area (Å²) in [5.74, 6) is 0.534. The van der Waals surface area contributed by atoms with Crippen LogP contribution in [0.15, 0.2) is 60.7 Å². The van der Waals surface area contributed by atoms with Crippen molar-refractivity contribution in [2.75, 3.05) is 5.32 Å². The molecule has 0 atom stereocenters. The van der Waals surface area contributed by atoms with E-state index < -0.39 is 0 Å². The van der Waals surface area contributed by atoms with Gasteiger partial charge in [-0.05, 0) is 12.5 Å². The molecule has 0 saturated heterocycles. The molecule has 0 radical (unpaired) electrons. The second-order valence-corrected chi connectivity index (χ2v) is 5.49. The Morgan fingerprint density at radius 1 is 0.955 bits per heavy atom. The number of aryl methyl sites for hydroxylation is 1. The smallest absolute Gasteiger partial charge is 0.224 e. The molecule has 22 heavy (non-hydrogen) atoms. The molecule has 4 heteroatoms. The Morgan fingerprint density at radius 2 is 1.68 bits per heavy atom. The van der Waals surface area contributed by atoms with Crippen LogP contribution in [0.1, 0.15) is 11.1 Å². The quantitative estimate of drug-likeness (QED) is 0.709. The zero-order valence-electron chi connectivity index (χ0n) is 12.3. The zero-order valence-corrected chi connectivity index (χ0v) is 13.0. The highest BCUT2D eigenvalue weighted by Crippen LogP contribution is 2.21. The molecule has 0 unspecified atom stereocenters. The lowest BCUT2D eigenvalue weighted by Gasteiger charge is -2.08. The van der Waals surface area contributed by atoms with Gasteiger partial charge in [0.1, 0.15) is 5.15 Å². The number of aromatic nitrogens is 2. The maximum Gasteiger partial charge on any atom is 0.224 e. The van der Waals surface area contributed by atoms with Gasteiger partial charge in [0.2, 0.25) is 5.95 Å². The number of rotatable bonds is 4. The number of benzene rings is 2. The minimum absolute atomic E-state index is 0.431. The van der Waals surface area contributed by atoms with Crippen molar-refractivity contribution in [2.45, 2.75) is 13.5 Å². The van der Waals surface area contributed by atoms with Crippen molar-refractivity contribution in [1.82, 2.24) is 9.97 Å².